The van der Waals surface area contributed by atoms with Crippen LogP contribution >= 0.6 is 0 Å². The van der Waals surface area contributed by atoms with Gasteiger partial charge in [0.2, 0.25) is 5.91 Å². The summed E-state index contributed by atoms with van der Waals surface area (Å²) in [4.78, 5) is 30.5. The number of amides is 2. The molecule has 12 heteroatoms. The first kappa shape index (κ1) is 38.7. The molecule has 3 fully saturated rings. The third kappa shape index (κ3) is 9.63. The van der Waals surface area contributed by atoms with Crippen LogP contribution in [0.2, 0.25) is 0 Å². The van der Waals surface area contributed by atoms with Gasteiger partial charge in [-0.15, -0.1) is 0 Å². The van der Waals surface area contributed by atoms with E-state index in [-0.39, 0.29) is 38.3 Å². The fraction of sp³-hybridized carbons (Fsp3) is 0.395. The molecule has 3 aliphatic rings. The monoisotopic (exact) mass is 756 g/mol. The summed E-state index contributed by atoms with van der Waals surface area (Å²) in [5, 5.41) is 12.4. The van der Waals surface area contributed by atoms with E-state index in [4.69, 9.17) is 9.47 Å². The first-order chi connectivity index (χ1) is 26.6. The molecule has 3 saturated heterocycles. The molecule has 0 aromatic heterocycles. The van der Waals surface area contributed by atoms with E-state index < -0.39 is 30.3 Å². The second-order valence-electron chi connectivity index (χ2n) is 14.6. The number of hydrogen-bond donors (Lipinski definition) is 2. The molecule has 2 N–H and O–H groups in total. The van der Waals surface area contributed by atoms with E-state index in [0.717, 1.165) is 72.6 Å². The van der Waals surface area contributed by atoms with E-state index in [2.05, 4.69) is 39.4 Å². The van der Waals surface area contributed by atoms with Crippen molar-refractivity contribution in [2.45, 2.75) is 69.7 Å². The van der Waals surface area contributed by atoms with Crippen molar-refractivity contribution in [3.05, 3.63) is 131 Å². The van der Waals surface area contributed by atoms with Gasteiger partial charge in [-0.1, -0.05) is 103 Å². The maximum atomic E-state index is 13.1. The Bertz CT molecular complexity index is 1890. The van der Waals surface area contributed by atoms with Gasteiger partial charge in [-0.25, -0.2) is 0 Å². The standard InChI is InChI=1S/C43H47F3N4O5/c44-43(45,46)42(53)50-20-6-11-38(50)40(52)47-26-35-9-4-5-10-37(35)32-16-18-34(19-17-32)41-54-36(25-39(55-41)33-14-12-31(29-51)13-15-33)28-49-23-21-48(22-24-49)27-30-7-2-1-3-8-30/h1-5,7-10,12-19,36,38-39,41,51H,6,11,20-29H2,(H,47,52)/t36-,38-,39+,41+/m0/s1. The van der Waals surface area contributed by atoms with E-state index in [0.29, 0.717) is 17.7 Å². The first-order valence-electron chi connectivity index (χ1n) is 19.0. The molecule has 0 spiro atoms. The van der Waals surface area contributed by atoms with Gasteiger partial charge < -0.3 is 24.8 Å². The van der Waals surface area contributed by atoms with E-state index in [1.54, 1.807) is 0 Å². The first-order valence-corrected chi connectivity index (χ1v) is 19.0. The smallest absolute Gasteiger partial charge is 0.392 e. The Kier molecular flexibility index (Phi) is 12.3. The number of carbonyl (C=O) groups is 2. The van der Waals surface area contributed by atoms with Gasteiger partial charge in [0.05, 0.1) is 18.8 Å². The van der Waals surface area contributed by atoms with E-state index >= 15 is 0 Å². The number of nitrogens with zero attached hydrogens (tertiary/aromatic N) is 3. The SMILES string of the molecule is O=C(NCc1ccccc1-c1ccc([C@@H]2O[C@H](CN3CCN(Cc4ccccc4)CC3)C[C@H](c3ccc(CO)cc3)O2)cc1)[C@@H]1CCCN1C(=O)C(F)(F)F. The number of piperazine rings is 1. The lowest BCUT2D eigenvalue weighted by atomic mass is 9.97. The molecule has 7 rings (SSSR count). The van der Waals surface area contributed by atoms with E-state index in [9.17, 15) is 27.9 Å². The van der Waals surface area contributed by atoms with Crippen molar-refractivity contribution in [3.8, 4) is 11.1 Å². The maximum Gasteiger partial charge on any atom is 0.471 e. The number of likely N-dealkylation sites (tertiary alicyclic amines) is 1. The number of halogens is 3. The topological polar surface area (TPSA) is 94.6 Å². The van der Waals surface area contributed by atoms with Crippen molar-refractivity contribution in [2.75, 3.05) is 39.3 Å². The van der Waals surface area contributed by atoms with E-state index in [1.807, 2.05) is 78.9 Å². The minimum Gasteiger partial charge on any atom is -0.392 e. The van der Waals surface area contributed by atoms with Gasteiger partial charge in [-0.2, -0.15) is 13.2 Å². The predicted molar refractivity (Wildman–Crippen MR) is 201 cm³/mol. The van der Waals surface area contributed by atoms with Crippen molar-refractivity contribution < 1.29 is 37.3 Å². The molecule has 0 radical (unpaired) electrons. The van der Waals surface area contributed by atoms with Crippen LogP contribution in [-0.4, -0.2) is 89.2 Å². The third-order valence-electron chi connectivity index (χ3n) is 10.8. The molecule has 4 aromatic carbocycles. The predicted octanol–water partition coefficient (Wildman–Crippen LogP) is 6.38. The van der Waals surface area contributed by atoms with Gasteiger partial charge in [0.1, 0.15) is 6.04 Å². The number of aliphatic hydroxyl groups excluding tert-OH is 1. The second kappa shape index (κ2) is 17.5. The highest BCUT2D eigenvalue weighted by Gasteiger charge is 2.47. The molecule has 0 aliphatic carbocycles. The molecule has 2 amide bonds. The van der Waals surface area contributed by atoms with Gasteiger partial charge in [-0.3, -0.25) is 19.4 Å². The average molecular weight is 757 g/mol. The van der Waals surface area contributed by atoms with Crippen molar-refractivity contribution >= 4 is 11.8 Å². The molecule has 290 valence electrons. The van der Waals surface area contributed by atoms with Gasteiger partial charge in [-0.05, 0) is 46.2 Å². The van der Waals surface area contributed by atoms with Crippen LogP contribution in [0.15, 0.2) is 103 Å². The summed E-state index contributed by atoms with van der Waals surface area (Å²) in [7, 11) is 0. The second-order valence-corrected chi connectivity index (χ2v) is 14.6. The average Bonchev–Trinajstić information content (AvgIpc) is 3.71. The van der Waals surface area contributed by atoms with Gasteiger partial charge in [0.15, 0.2) is 6.29 Å². The Morgan fingerprint density at radius 2 is 1.44 bits per heavy atom. The largest absolute Gasteiger partial charge is 0.471 e. The lowest BCUT2D eigenvalue weighted by molar-refractivity contribution is -0.253. The Morgan fingerprint density at radius 1 is 0.764 bits per heavy atom. The molecular formula is C43H47F3N4O5. The summed E-state index contributed by atoms with van der Waals surface area (Å²) >= 11 is 0. The van der Waals surface area contributed by atoms with Gasteiger partial charge in [0, 0.05) is 64.3 Å². The van der Waals surface area contributed by atoms with E-state index in [1.165, 1.54) is 5.56 Å². The Balaban J connectivity index is 1.02. The van der Waals surface area contributed by atoms with Gasteiger partial charge in [0.25, 0.3) is 0 Å². The fourth-order valence-corrected chi connectivity index (χ4v) is 7.81. The van der Waals surface area contributed by atoms with Crippen LogP contribution < -0.4 is 5.32 Å². The lowest BCUT2D eigenvalue weighted by Gasteiger charge is -2.40. The quantitative estimate of drug-likeness (QED) is 0.184. The number of rotatable bonds is 11. The number of benzene rings is 4. The summed E-state index contributed by atoms with van der Waals surface area (Å²) in [6.07, 6.45) is -4.71. The summed E-state index contributed by atoms with van der Waals surface area (Å²) in [5.74, 6) is -2.58. The third-order valence-corrected chi connectivity index (χ3v) is 10.8. The maximum absolute atomic E-state index is 13.1. The molecule has 4 atom stereocenters. The van der Waals surface area contributed by atoms with Gasteiger partial charge >= 0.3 is 12.1 Å². The highest BCUT2D eigenvalue weighted by Crippen LogP contribution is 2.39. The Labute approximate surface area is 319 Å². The molecule has 3 aliphatic heterocycles. The number of ether oxygens (including phenoxy) is 2. The summed E-state index contributed by atoms with van der Waals surface area (Å²) in [6, 6.07) is 32.7. The van der Waals surface area contributed by atoms with Crippen molar-refractivity contribution in [1.29, 1.82) is 0 Å². The zero-order valence-corrected chi connectivity index (χ0v) is 30.7. The minimum atomic E-state index is -5.03. The normalized spacial score (nSPS) is 22.4. The van der Waals surface area contributed by atoms with Crippen LogP contribution in [0, 0.1) is 0 Å². The Morgan fingerprint density at radius 3 is 2.15 bits per heavy atom. The number of nitrogens with one attached hydrogen (secondary N) is 1. The molecular weight excluding hydrogens is 709 g/mol. The zero-order chi connectivity index (χ0) is 38.4. The number of alkyl halides is 3. The van der Waals surface area contributed by atoms with Crippen LogP contribution in [-0.2, 0) is 38.8 Å². The van der Waals surface area contributed by atoms with Crippen LogP contribution in [0.4, 0.5) is 13.2 Å². The van der Waals surface area contributed by atoms with Crippen molar-refractivity contribution in [1.82, 2.24) is 20.0 Å². The van der Waals surface area contributed by atoms with Crippen LogP contribution in [0.5, 0.6) is 0 Å². The van der Waals surface area contributed by atoms with Crippen LogP contribution in [0.3, 0.4) is 0 Å². The minimum absolute atomic E-state index is 0.0274. The highest BCUT2D eigenvalue weighted by molar-refractivity contribution is 5.90. The lowest BCUT2D eigenvalue weighted by Crippen LogP contribution is -2.50. The summed E-state index contributed by atoms with van der Waals surface area (Å²) < 4.78 is 52.7. The van der Waals surface area contributed by atoms with Crippen molar-refractivity contribution in [3.63, 3.8) is 0 Å². The zero-order valence-electron chi connectivity index (χ0n) is 30.7. The molecule has 4 aromatic rings. The van der Waals surface area contributed by atoms with Crippen LogP contribution in [0.25, 0.3) is 11.1 Å². The van der Waals surface area contributed by atoms with Crippen LogP contribution in [0.1, 0.15) is 59.5 Å². The summed E-state index contributed by atoms with van der Waals surface area (Å²) in [5.41, 5.74) is 6.58. The molecule has 3 heterocycles. The number of aliphatic hydroxyl groups is 1. The molecule has 0 saturated carbocycles. The highest BCUT2D eigenvalue weighted by atomic mass is 19.4. The molecule has 9 nitrogen and oxygen atoms in total. The molecule has 55 heavy (non-hydrogen) atoms. The number of carbonyl (C=O) groups excluding carboxylic acids is 2. The fourth-order valence-electron chi connectivity index (χ4n) is 7.81. The molecule has 0 unspecified atom stereocenters. The Hall–Kier alpha value is -4.59. The number of hydrogen-bond acceptors (Lipinski definition) is 7. The summed E-state index contributed by atoms with van der Waals surface area (Å²) in [6.45, 7) is 5.56. The van der Waals surface area contributed by atoms with Crippen molar-refractivity contribution in [2.24, 2.45) is 0 Å². The molecule has 0 bridgehead atoms.